The molecule has 1 aromatic carbocycles. The van der Waals surface area contributed by atoms with Gasteiger partial charge in [0.05, 0.1) is 0 Å². The average molecular weight is 413 g/mol. The normalized spacial score (nSPS) is 21.6. The van der Waals surface area contributed by atoms with E-state index in [1.165, 1.54) is 18.4 Å². The number of nitrogens with one attached hydrogen (secondary N) is 1. The first-order chi connectivity index (χ1) is 14.5. The number of nitrogens with zero attached hydrogens (tertiary/aromatic N) is 3. The Balaban J connectivity index is 1.36. The van der Waals surface area contributed by atoms with Gasteiger partial charge in [-0.1, -0.05) is 43.5 Å². The van der Waals surface area contributed by atoms with Gasteiger partial charge >= 0.3 is 6.03 Å². The topological polar surface area (TPSA) is 73.0 Å². The second-order valence-corrected chi connectivity index (χ2v) is 8.85. The molecule has 0 atom stereocenters. The molecule has 7 heteroatoms. The van der Waals surface area contributed by atoms with E-state index in [-0.39, 0.29) is 24.4 Å². The first-order valence-electron chi connectivity index (χ1n) is 11.2. The third-order valence-electron chi connectivity index (χ3n) is 6.97. The second-order valence-electron chi connectivity index (χ2n) is 8.85. The van der Waals surface area contributed by atoms with Crippen LogP contribution in [0.5, 0.6) is 0 Å². The number of urea groups is 1. The molecule has 1 N–H and O–H groups in total. The lowest BCUT2D eigenvalue weighted by Gasteiger charge is -2.35. The Morgan fingerprint density at radius 1 is 1.00 bits per heavy atom. The van der Waals surface area contributed by atoms with Crippen molar-refractivity contribution in [2.45, 2.75) is 63.6 Å². The van der Waals surface area contributed by atoms with Crippen LogP contribution in [0.1, 0.15) is 56.1 Å². The molecule has 3 fully saturated rings. The van der Waals surface area contributed by atoms with Gasteiger partial charge in [0.15, 0.2) is 0 Å². The van der Waals surface area contributed by atoms with Crippen LogP contribution < -0.4 is 5.32 Å². The van der Waals surface area contributed by atoms with Crippen LogP contribution >= 0.6 is 0 Å². The minimum atomic E-state index is -0.738. The van der Waals surface area contributed by atoms with Gasteiger partial charge in [-0.3, -0.25) is 19.4 Å². The Kier molecular flexibility index (Phi) is 6.09. The molecule has 0 radical (unpaired) electrons. The summed E-state index contributed by atoms with van der Waals surface area (Å²) in [7, 11) is 1.69. The maximum atomic E-state index is 13.0. The van der Waals surface area contributed by atoms with Gasteiger partial charge in [-0.2, -0.15) is 0 Å². The minimum absolute atomic E-state index is 0.209. The van der Waals surface area contributed by atoms with Crippen LogP contribution in [0.25, 0.3) is 0 Å². The van der Waals surface area contributed by atoms with Crippen molar-refractivity contribution in [3.05, 3.63) is 35.4 Å². The van der Waals surface area contributed by atoms with Gasteiger partial charge in [0.1, 0.15) is 12.1 Å². The molecular weight excluding hydrogens is 380 g/mol. The Labute approximate surface area is 178 Å². The van der Waals surface area contributed by atoms with Crippen molar-refractivity contribution in [3.63, 3.8) is 0 Å². The molecule has 4 amide bonds. The molecular formula is C23H32N4O3. The molecule has 3 aliphatic rings. The highest BCUT2D eigenvalue weighted by molar-refractivity contribution is 6.08. The van der Waals surface area contributed by atoms with E-state index < -0.39 is 5.54 Å². The van der Waals surface area contributed by atoms with Crippen LogP contribution in [0, 0.1) is 0 Å². The highest BCUT2D eigenvalue weighted by atomic mass is 16.2. The van der Waals surface area contributed by atoms with Gasteiger partial charge in [-0.25, -0.2) is 4.79 Å². The van der Waals surface area contributed by atoms with Gasteiger partial charge in [-0.15, -0.1) is 0 Å². The molecule has 7 nitrogen and oxygen atoms in total. The SMILES string of the molecule is CN1C(=O)N(CC(=O)NCc2ccccc2CN2CCCC2)C(=O)C12CCCCC2. The molecule has 1 aromatic rings. The number of rotatable bonds is 6. The van der Waals surface area contributed by atoms with Crippen molar-refractivity contribution in [1.82, 2.24) is 20.0 Å². The highest BCUT2D eigenvalue weighted by Crippen LogP contribution is 2.39. The molecule has 2 heterocycles. The van der Waals surface area contributed by atoms with Crippen molar-refractivity contribution in [3.8, 4) is 0 Å². The lowest BCUT2D eigenvalue weighted by atomic mass is 9.81. The number of benzene rings is 1. The maximum absolute atomic E-state index is 13.0. The van der Waals surface area contributed by atoms with Gasteiger partial charge in [0, 0.05) is 20.1 Å². The molecule has 30 heavy (non-hydrogen) atoms. The summed E-state index contributed by atoms with van der Waals surface area (Å²) in [4.78, 5) is 43.5. The van der Waals surface area contributed by atoms with Crippen molar-refractivity contribution in [2.24, 2.45) is 0 Å². The van der Waals surface area contributed by atoms with Crippen LogP contribution in [0.2, 0.25) is 0 Å². The number of likely N-dealkylation sites (N-methyl/N-ethyl adjacent to an activating group) is 1. The van der Waals surface area contributed by atoms with Crippen LogP contribution in [-0.4, -0.2) is 64.8 Å². The summed E-state index contributed by atoms with van der Waals surface area (Å²) < 4.78 is 0. The van der Waals surface area contributed by atoms with Crippen molar-refractivity contribution < 1.29 is 14.4 Å². The van der Waals surface area contributed by atoms with Gasteiger partial charge < -0.3 is 10.2 Å². The van der Waals surface area contributed by atoms with Crippen LogP contribution in [0.15, 0.2) is 24.3 Å². The van der Waals surface area contributed by atoms with E-state index in [0.717, 1.165) is 49.4 Å². The molecule has 1 aliphatic carbocycles. The first kappa shape index (κ1) is 20.8. The number of hydrogen-bond acceptors (Lipinski definition) is 4. The van der Waals surface area contributed by atoms with E-state index in [2.05, 4.69) is 16.3 Å². The molecule has 2 saturated heterocycles. The molecule has 1 spiro atoms. The predicted molar refractivity (Wildman–Crippen MR) is 113 cm³/mol. The van der Waals surface area contributed by atoms with Gasteiger partial charge in [0.2, 0.25) is 5.91 Å². The lowest BCUT2D eigenvalue weighted by Crippen LogP contribution is -2.49. The summed E-state index contributed by atoms with van der Waals surface area (Å²) in [5.41, 5.74) is 1.56. The van der Waals surface area contributed by atoms with E-state index in [0.29, 0.717) is 19.4 Å². The van der Waals surface area contributed by atoms with Crippen molar-refractivity contribution >= 4 is 17.8 Å². The van der Waals surface area contributed by atoms with E-state index in [1.54, 1.807) is 11.9 Å². The molecule has 2 aliphatic heterocycles. The van der Waals surface area contributed by atoms with Crippen molar-refractivity contribution in [1.29, 1.82) is 0 Å². The zero-order valence-corrected chi connectivity index (χ0v) is 17.9. The third kappa shape index (κ3) is 3.95. The fourth-order valence-electron chi connectivity index (χ4n) is 5.13. The Bertz CT molecular complexity index is 812. The number of carbonyl (C=O) groups is 3. The number of hydrogen-bond donors (Lipinski definition) is 1. The smallest absolute Gasteiger partial charge is 0.327 e. The monoisotopic (exact) mass is 412 g/mol. The largest absolute Gasteiger partial charge is 0.350 e. The highest BCUT2D eigenvalue weighted by Gasteiger charge is 2.55. The molecule has 0 unspecified atom stereocenters. The number of carbonyl (C=O) groups excluding carboxylic acids is 3. The second kappa shape index (κ2) is 8.76. The van der Waals surface area contributed by atoms with E-state index in [4.69, 9.17) is 0 Å². The summed E-state index contributed by atoms with van der Waals surface area (Å²) in [6.45, 7) is 3.32. The molecule has 0 bridgehead atoms. The van der Waals surface area contributed by atoms with E-state index in [9.17, 15) is 14.4 Å². The Hall–Kier alpha value is -2.41. The van der Waals surface area contributed by atoms with Gasteiger partial charge in [0.25, 0.3) is 5.91 Å². The lowest BCUT2D eigenvalue weighted by molar-refractivity contribution is -0.137. The number of amides is 4. The zero-order valence-electron chi connectivity index (χ0n) is 17.9. The summed E-state index contributed by atoms with van der Waals surface area (Å²) in [5.74, 6) is -0.506. The van der Waals surface area contributed by atoms with Crippen LogP contribution in [0.4, 0.5) is 4.79 Å². The summed E-state index contributed by atoms with van der Waals surface area (Å²) in [5, 5.41) is 2.92. The summed E-state index contributed by atoms with van der Waals surface area (Å²) in [6.07, 6.45) is 6.84. The molecule has 162 valence electrons. The molecule has 1 saturated carbocycles. The summed E-state index contributed by atoms with van der Waals surface area (Å²) in [6, 6.07) is 7.78. The molecule has 0 aromatic heterocycles. The Morgan fingerprint density at radius 3 is 2.37 bits per heavy atom. The molecule has 4 rings (SSSR count). The van der Waals surface area contributed by atoms with Gasteiger partial charge in [-0.05, 0) is 49.9 Å². The fraction of sp³-hybridized carbons (Fsp3) is 0.609. The van der Waals surface area contributed by atoms with E-state index in [1.807, 2.05) is 18.2 Å². The predicted octanol–water partition coefficient (Wildman–Crippen LogP) is 2.50. The standard InChI is InChI=1S/C23H32N4O3/c1-25-22(30)27(21(29)23(25)11-5-2-6-12-23)17-20(28)24-15-18-9-3-4-10-19(18)16-26-13-7-8-14-26/h3-4,9-10H,2,5-8,11-17H2,1H3,(H,24,28). The fourth-order valence-corrected chi connectivity index (χ4v) is 5.13. The first-order valence-corrected chi connectivity index (χ1v) is 11.2. The van der Waals surface area contributed by atoms with Crippen LogP contribution in [0.3, 0.4) is 0 Å². The minimum Gasteiger partial charge on any atom is -0.350 e. The zero-order chi connectivity index (χ0) is 21.1. The quantitative estimate of drug-likeness (QED) is 0.729. The Morgan fingerprint density at radius 2 is 1.67 bits per heavy atom. The van der Waals surface area contributed by atoms with E-state index >= 15 is 0 Å². The third-order valence-corrected chi connectivity index (χ3v) is 6.97. The van der Waals surface area contributed by atoms with Crippen molar-refractivity contribution in [2.75, 3.05) is 26.7 Å². The maximum Gasteiger partial charge on any atom is 0.327 e. The number of imide groups is 1. The average Bonchev–Trinajstić information content (AvgIpc) is 3.33. The number of likely N-dealkylation sites (tertiary alicyclic amines) is 1. The van der Waals surface area contributed by atoms with Crippen LogP contribution in [-0.2, 0) is 22.7 Å². The summed E-state index contributed by atoms with van der Waals surface area (Å²) >= 11 is 0.